The van der Waals surface area contributed by atoms with E-state index in [9.17, 15) is 19.7 Å². The molecule has 1 atom stereocenters. The quantitative estimate of drug-likeness (QED) is 0.338. The number of fused-ring (bicyclic) bond motifs is 1. The highest BCUT2D eigenvalue weighted by Gasteiger charge is 2.31. The van der Waals surface area contributed by atoms with Crippen LogP contribution in [0.4, 0.5) is 5.69 Å². The monoisotopic (exact) mass is 449 g/mol. The molecule has 0 bridgehead atoms. The first-order valence-corrected chi connectivity index (χ1v) is 10.7. The number of allylic oxidation sites excluding steroid dienone is 1. The molecule has 1 aliphatic heterocycles. The SMILES string of the molecule is CCOC(=O)C1=C(C)n2c(sc(=Cc3cccc([N+](=O)[O-])c3)c2=O)=N[C@H]1c1ccccc1. The summed E-state index contributed by atoms with van der Waals surface area (Å²) in [7, 11) is 0. The van der Waals surface area contributed by atoms with Crippen LogP contribution < -0.4 is 14.9 Å². The molecular formula is C23H19N3O5S. The largest absolute Gasteiger partial charge is 0.463 e. The fourth-order valence-corrected chi connectivity index (χ4v) is 4.61. The van der Waals surface area contributed by atoms with Gasteiger partial charge in [-0.3, -0.25) is 19.5 Å². The predicted octanol–water partition coefficient (Wildman–Crippen LogP) is 2.82. The molecule has 32 heavy (non-hydrogen) atoms. The van der Waals surface area contributed by atoms with Gasteiger partial charge in [-0.05, 0) is 31.1 Å². The summed E-state index contributed by atoms with van der Waals surface area (Å²) < 4.78 is 7.02. The van der Waals surface area contributed by atoms with Gasteiger partial charge in [-0.15, -0.1) is 0 Å². The Morgan fingerprint density at radius 3 is 2.69 bits per heavy atom. The normalized spacial score (nSPS) is 15.8. The highest BCUT2D eigenvalue weighted by molar-refractivity contribution is 7.07. The molecule has 0 amide bonds. The number of esters is 1. The number of hydrogen-bond donors (Lipinski definition) is 0. The molecule has 8 nitrogen and oxygen atoms in total. The van der Waals surface area contributed by atoms with Gasteiger partial charge >= 0.3 is 5.97 Å². The maximum absolute atomic E-state index is 13.2. The number of nitro groups is 1. The van der Waals surface area contributed by atoms with Crippen LogP contribution in [-0.2, 0) is 9.53 Å². The molecule has 9 heteroatoms. The van der Waals surface area contributed by atoms with Gasteiger partial charge in [-0.1, -0.05) is 53.8 Å². The molecule has 0 saturated carbocycles. The van der Waals surface area contributed by atoms with Crippen molar-refractivity contribution in [1.29, 1.82) is 0 Å². The van der Waals surface area contributed by atoms with E-state index in [1.807, 2.05) is 30.3 Å². The molecule has 0 unspecified atom stereocenters. The zero-order valence-electron chi connectivity index (χ0n) is 17.3. The Kier molecular flexibility index (Phi) is 5.83. The molecule has 0 N–H and O–H groups in total. The molecule has 3 aromatic rings. The zero-order chi connectivity index (χ0) is 22.8. The van der Waals surface area contributed by atoms with E-state index in [0.717, 1.165) is 5.56 Å². The van der Waals surface area contributed by atoms with E-state index in [1.165, 1.54) is 28.0 Å². The van der Waals surface area contributed by atoms with Gasteiger partial charge in [0, 0.05) is 17.8 Å². The standard InChI is InChI=1S/C23H19N3O5S/c1-3-31-22(28)19-14(2)25-21(27)18(13-15-8-7-11-17(12-15)26(29)30)32-23(25)24-20(19)16-9-5-4-6-10-16/h4-13,20H,3H2,1-2H3/t20-/m0/s1. The minimum Gasteiger partial charge on any atom is -0.463 e. The summed E-state index contributed by atoms with van der Waals surface area (Å²) in [6, 6.07) is 14.8. The van der Waals surface area contributed by atoms with Gasteiger partial charge in [0.05, 0.1) is 21.6 Å². The molecule has 0 saturated heterocycles. The first-order valence-electron chi connectivity index (χ1n) is 9.89. The zero-order valence-corrected chi connectivity index (χ0v) is 18.2. The van der Waals surface area contributed by atoms with E-state index in [0.29, 0.717) is 26.2 Å². The highest BCUT2D eigenvalue weighted by Crippen LogP contribution is 2.32. The van der Waals surface area contributed by atoms with Crippen molar-refractivity contribution in [2.75, 3.05) is 6.61 Å². The lowest BCUT2D eigenvalue weighted by molar-refractivity contribution is -0.384. The van der Waals surface area contributed by atoms with Crippen LogP contribution in [-0.4, -0.2) is 22.1 Å². The number of thiazole rings is 1. The van der Waals surface area contributed by atoms with Crippen LogP contribution in [0.5, 0.6) is 0 Å². The van der Waals surface area contributed by atoms with Crippen molar-refractivity contribution in [3.8, 4) is 0 Å². The topological polar surface area (TPSA) is 104 Å². The fourth-order valence-electron chi connectivity index (χ4n) is 3.57. The Hall–Kier alpha value is -3.85. The Balaban J connectivity index is 1.93. The number of rotatable bonds is 5. The molecule has 162 valence electrons. The van der Waals surface area contributed by atoms with E-state index in [2.05, 4.69) is 0 Å². The number of aromatic nitrogens is 1. The molecule has 2 aromatic carbocycles. The van der Waals surface area contributed by atoms with Gasteiger partial charge in [-0.2, -0.15) is 0 Å². The van der Waals surface area contributed by atoms with E-state index >= 15 is 0 Å². The molecule has 0 aliphatic carbocycles. The van der Waals surface area contributed by atoms with Crippen LogP contribution in [0, 0.1) is 10.1 Å². The number of non-ortho nitro benzene ring substituents is 1. The van der Waals surface area contributed by atoms with Crippen molar-refractivity contribution in [2.45, 2.75) is 19.9 Å². The van der Waals surface area contributed by atoms with Crippen LogP contribution in [0.15, 0.2) is 70.0 Å². The van der Waals surface area contributed by atoms with Gasteiger partial charge in [0.2, 0.25) is 0 Å². The molecular weight excluding hydrogens is 430 g/mol. The average molecular weight is 449 g/mol. The van der Waals surface area contributed by atoms with Crippen LogP contribution in [0.2, 0.25) is 0 Å². The van der Waals surface area contributed by atoms with Gasteiger partial charge in [-0.25, -0.2) is 9.79 Å². The smallest absolute Gasteiger partial charge is 0.338 e. The molecule has 0 spiro atoms. The highest BCUT2D eigenvalue weighted by atomic mass is 32.1. The number of nitrogens with zero attached hydrogens (tertiary/aromatic N) is 3. The predicted molar refractivity (Wildman–Crippen MR) is 121 cm³/mol. The molecule has 2 heterocycles. The summed E-state index contributed by atoms with van der Waals surface area (Å²) in [5.41, 5.74) is 1.71. The minimum atomic E-state index is -0.598. The lowest BCUT2D eigenvalue weighted by Crippen LogP contribution is -2.35. The Morgan fingerprint density at radius 2 is 2.00 bits per heavy atom. The Morgan fingerprint density at radius 1 is 1.25 bits per heavy atom. The van der Waals surface area contributed by atoms with Crippen LogP contribution >= 0.6 is 11.3 Å². The van der Waals surface area contributed by atoms with Gasteiger partial charge in [0.1, 0.15) is 6.04 Å². The second-order valence-electron chi connectivity index (χ2n) is 7.05. The summed E-state index contributed by atoms with van der Waals surface area (Å²) in [6.45, 7) is 3.62. The second-order valence-corrected chi connectivity index (χ2v) is 8.06. The third kappa shape index (κ3) is 3.90. The summed E-state index contributed by atoms with van der Waals surface area (Å²) in [4.78, 5) is 41.7. The van der Waals surface area contributed by atoms with E-state index in [-0.39, 0.29) is 17.9 Å². The maximum atomic E-state index is 13.2. The van der Waals surface area contributed by atoms with Crippen molar-refractivity contribution in [3.05, 3.63) is 101 Å². The Labute approximate surface area is 186 Å². The molecule has 1 aliphatic rings. The van der Waals surface area contributed by atoms with Crippen LogP contribution in [0.25, 0.3) is 11.8 Å². The van der Waals surface area contributed by atoms with E-state index in [4.69, 9.17) is 9.73 Å². The third-order valence-electron chi connectivity index (χ3n) is 5.03. The van der Waals surface area contributed by atoms with Gasteiger partial charge in [0.25, 0.3) is 11.2 Å². The molecule has 4 rings (SSSR count). The number of nitro benzene ring substituents is 1. The molecule has 0 fully saturated rings. The van der Waals surface area contributed by atoms with Crippen molar-refractivity contribution in [1.82, 2.24) is 4.57 Å². The van der Waals surface area contributed by atoms with Gasteiger partial charge < -0.3 is 4.74 Å². The summed E-state index contributed by atoms with van der Waals surface area (Å²) in [6.07, 6.45) is 1.59. The lowest BCUT2D eigenvalue weighted by atomic mass is 9.97. The minimum absolute atomic E-state index is 0.0605. The number of ether oxygens (including phenoxy) is 1. The van der Waals surface area contributed by atoms with Crippen LogP contribution in [0.1, 0.15) is 31.0 Å². The lowest BCUT2D eigenvalue weighted by Gasteiger charge is -2.22. The van der Waals surface area contributed by atoms with Crippen molar-refractivity contribution in [2.24, 2.45) is 4.99 Å². The van der Waals surface area contributed by atoms with Crippen LogP contribution in [0.3, 0.4) is 0 Å². The average Bonchev–Trinajstić information content (AvgIpc) is 3.09. The maximum Gasteiger partial charge on any atom is 0.338 e. The number of carbonyl (C=O) groups excluding carboxylic acids is 1. The van der Waals surface area contributed by atoms with E-state index < -0.39 is 16.9 Å². The fraction of sp³-hybridized carbons (Fsp3) is 0.174. The summed E-state index contributed by atoms with van der Waals surface area (Å²) >= 11 is 1.17. The summed E-state index contributed by atoms with van der Waals surface area (Å²) in [5, 5.41) is 11.1. The molecule has 1 aromatic heterocycles. The first kappa shape index (κ1) is 21.4. The van der Waals surface area contributed by atoms with Crippen molar-refractivity contribution >= 4 is 34.8 Å². The Bertz CT molecular complexity index is 1420. The van der Waals surface area contributed by atoms with Gasteiger partial charge in [0.15, 0.2) is 4.80 Å². The van der Waals surface area contributed by atoms with E-state index in [1.54, 1.807) is 32.1 Å². The third-order valence-corrected chi connectivity index (χ3v) is 6.02. The molecule has 0 radical (unpaired) electrons. The van der Waals surface area contributed by atoms with Crippen molar-refractivity contribution < 1.29 is 14.5 Å². The number of carbonyl (C=O) groups is 1. The number of hydrogen-bond acceptors (Lipinski definition) is 7. The second kappa shape index (κ2) is 8.72. The first-order chi connectivity index (χ1) is 15.4. The number of benzene rings is 2. The van der Waals surface area contributed by atoms with Crippen molar-refractivity contribution in [3.63, 3.8) is 0 Å². The summed E-state index contributed by atoms with van der Waals surface area (Å²) in [5.74, 6) is -0.518.